The van der Waals surface area contributed by atoms with E-state index in [9.17, 15) is 14.4 Å². The summed E-state index contributed by atoms with van der Waals surface area (Å²) in [5.74, 6) is -0.150. The van der Waals surface area contributed by atoms with Crippen molar-refractivity contribution >= 4 is 33.6 Å². The van der Waals surface area contributed by atoms with E-state index in [0.29, 0.717) is 18.1 Å². The van der Waals surface area contributed by atoms with Crippen molar-refractivity contribution in [2.24, 2.45) is 0 Å². The Morgan fingerprint density at radius 1 is 1.03 bits per heavy atom. The maximum atomic E-state index is 12.9. The van der Waals surface area contributed by atoms with Gasteiger partial charge in [-0.3, -0.25) is 14.8 Å². The van der Waals surface area contributed by atoms with Gasteiger partial charge < -0.3 is 5.32 Å². The van der Waals surface area contributed by atoms with Gasteiger partial charge in [-0.2, -0.15) is 0 Å². The van der Waals surface area contributed by atoms with Gasteiger partial charge in [0.25, 0.3) is 5.91 Å². The number of aryl methyl sites for hydroxylation is 1. The number of urea groups is 1. The predicted octanol–water partition coefficient (Wildman–Crippen LogP) is 3.52. The third-order valence-corrected chi connectivity index (χ3v) is 5.12. The SMILES string of the molecule is CCCCCn1nc(-c2ccccc2)n(CC(=O)NNC(=O)Nc2cccc(Br)c2)c1=O. The minimum atomic E-state index is -0.609. The molecule has 0 atom stereocenters. The van der Waals surface area contributed by atoms with Crippen molar-refractivity contribution in [2.45, 2.75) is 39.3 Å². The molecule has 0 aliphatic heterocycles. The first kappa shape index (κ1) is 23.3. The molecular weight excluding hydrogens is 476 g/mol. The summed E-state index contributed by atoms with van der Waals surface area (Å²) in [6, 6.07) is 15.6. The fraction of sp³-hybridized carbons (Fsp3) is 0.273. The van der Waals surface area contributed by atoms with Gasteiger partial charge in [0, 0.05) is 22.3 Å². The van der Waals surface area contributed by atoms with Crippen LogP contribution in [0.5, 0.6) is 0 Å². The van der Waals surface area contributed by atoms with Gasteiger partial charge in [-0.05, 0) is 24.6 Å². The molecule has 0 radical (unpaired) electrons. The van der Waals surface area contributed by atoms with Gasteiger partial charge in [-0.25, -0.2) is 19.7 Å². The molecule has 1 aromatic heterocycles. The molecule has 3 N–H and O–H groups in total. The Hall–Kier alpha value is -3.40. The Balaban J connectivity index is 1.68. The van der Waals surface area contributed by atoms with Crippen LogP contribution < -0.4 is 21.9 Å². The monoisotopic (exact) mass is 500 g/mol. The van der Waals surface area contributed by atoms with Gasteiger partial charge in [-0.1, -0.05) is 72.1 Å². The summed E-state index contributed by atoms with van der Waals surface area (Å²) < 4.78 is 3.51. The van der Waals surface area contributed by atoms with Crippen LogP contribution >= 0.6 is 15.9 Å². The lowest BCUT2D eigenvalue weighted by Gasteiger charge is -2.10. The molecule has 0 unspecified atom stereocenters. The number of hydrazine groups is 1. The number of carbonyl (C=O) groups excluding carboxylic acids is 2. The van der Waals surface area contributed by atoms with Crippen LogP contribution in [0.4, 0.5) is 10.5 Å². The van der Waals surface area contributed by atoms with E-state index in [1.54, 1.807) is 18.2 Å². The molecule has 1 heterocycles. The van der Waals surface area contributed by atoms with Gasteiger partial charge in [0.2, 0.25) is 0 Å². The van der Waals surface area contributed by atoms with Crippen LogP contribution in [0.25, 0.3) is 11.4 Å². The first-order chi connectivity index (χ1) is 15.5. The van der Waals surface area contributed by atoms with E-state index < -0.39 is 11.9 Å². The first-order valence-electron chi connectivity index (χ1n) is 10.3. The number of nitrogens with one attached hydrogen (secondary N) is 3. The Morgan fingerprint density at radius 3 is 2.53 bits per heavy atom. The molecule has 0 aliphatic carbocycles. The second-order valence-corrected chi connectivity index (χ2v) is 8.04. The number of hydrogen-bond acceptors (Lipinski definition) is 4. The summed E-state index contributed by atoms with van der Waals surface area (Å²) in [4.78, 5) is 37.4. The highest BCUT2D eigenvalue weighted by Gasteiger charge is 2.17. The highest BCUT2D eigenvalue weighted by molar-refractivity contribution is 9.10. The number of halogens is 1. The van der Waals surface area contributed by atoms with Crippen molar-refractivity contribution in [1.82, 2.24) is 25.2 Å². The molecule has 0 saturated heterocycles. The molecule has 3 amide bonds. The van der Waals surface area contributed by atoms with Crippen LogP contribution in [0.3, 0.4) is 0 Å². The highest BCUT2D eigenvalue weighted by atomic mass is 79.9. The zero-order valence-electron chi connectivity index (χ0n) is 17.7. The molecule has 3 aromatic rings. The van der Waals surface area contributed by atoms with Crippen LogP contribution in [-0.2, 0) is 17.9 Å². The van der Waals surface area contributed by atoms with Crippen LogP contribution in [0.2, 0.25) is 0 Å². The van der Waals surface area contributed by atoms with Crippen LogP contribution in [0, 0.1) is 0 Å². The maximum Gasteiger partial charge on any atom is 0.346 e. The number of rotatable bonds is 8. The van der Waals surface area contributed by atoms with Crippen molar-refractivity contribution in [3.8, 4) is 11.4 Å². The zero-order chi connectivity index (χ0) is 22.9. The number of anilines is 1. The molecule has 2 aromatic carbocycles. The number of hydrogen-bond donors (Lipinski definition) is 3. The average molecular weight is 501 g/mol. The van der Waals surface area contributed by atoms with E-state index in [2.05, 4.69) is 44.1 Å². The lowest BCUT2D eigenvalue weighted by atomic mass is 10.2. The maximum absolute atomic E-state index is 12.9. The summed E-state index contributed by atoms with van der Waals surface area (Å²) in [5.41, 5.74) is 5.53. The standard InChI is InChI=1S/C22H25BrN6O3/c1-2-3-7-13-29-22(32)28(20(27-29)16-9-5-4-6-10-16)15-19(30)25-26-21(31)24-18-12-8-11-17(23)14-18/h4-6,8-12,14H,2-3,7,13,15H2,1H3,(H,25,30)(H2,24,26,31). The third kappa shape index (κ3) is 6.30. The van der Waals surface area contributed by atoms with Gasteiger partial charge in [0.15, 0.2) is 5.82 Å². The smallest absolute Gasteiger partial charge is 0.307 e. The fourth-order valence-corrected chi connectivity index (χ4v) is 3.48. The molecule has 0 fully saturated rings. The van der Waals surface area contributed by atoms with E-state index >= 15 is 0 Å². The minimum absolute atomic E-state index is 0.284. The first-order valence-corrected chi connectivity index (χ1v) is 11.1. The molecule has 32 heavy (non-hydrogen) atoms. The van der Waals surface area contributed by atoms with Crippen molar-refractivity contribution in [3.63, 3.8) is 0 Å². The number of carbonyl (C=O) groups is 2. The van der Waals surface area contributed by atoms with E-state index in [1.165, 1.54) is 9.25 Å². The molecule has 0 aliphatic rings. The normalized spacial score (nSPS) is 10.6. The molecule has 168 valence electrons. The van der Waals surface area contributed by atoms with Gasteiger partial charge in [-0.15, -0.1) is 5.10 Å². The van der Waals surface area contributed by atoms with Gasteiger partial charge in [0.1, 0.15) is 6.54 Å². The molecule has 0 saturated carbocycles. The number of aromatic nitrogens is 3. The average Bonchev–Trinajstić information content (AvgIpc) is 3.08. The van der Waals surface area contributed by atoms with Gasteiger partial charge >= 0.3 is 11.7 Å². The third-order valence-electron chi connectivity index (χ3n) is 4.63. The number of benzene rings is 2. The molecule has 9 nitrogen and oxygen atoms in total. The second-order valence-electron chi connectivity index (χ2n) is 7.13. The molecule has 0 spiro atoms. The summed E-state index contributed by atoms with van der Waals surface area (Å²) in [5, 5.41) is 7.05. The summed E-state index contributed by atoms with van der Waals surface area (Å²) in [6.45, 7) is 2.28. The van der Waals surface area contributed by atoms with E-state index in [-0.39, 0.29) is 12.2 Å². The summed E-state index contributed by atoms with van der Waals surface area (Å²) >= 11 is 3.32. The Labute approximate surface area is 193 Å². The summed E-state index contributed by atoms with van der Waals surface area (Å²) in [6.07, 6.45) is 2.83. The van der Waals surface area contributed by atoms with Crippen LogP contribution in [0.1, 0.15) is 26.2 Å². The Bertz CT molecular complexity index is 1130. The summed E-state index contributed by atoms with van der Waals surface area (Å²) in [7, 11) is 0. The molecule has 0 bridgehead atoms. The van der Waals surface area contributed by atoms with Crippen molar-refractivity contribution in [2.75, 3.05) is 5.32 Å². The van der Waals surface area contributed by atoms with Crippen molar-refractivity contribution in [3.05, 3.63) is 69.6 Å². The largest absolute Gasteiger partial charge is 0.346 e. The predicted molar refractivity (Wildman–Crippen MR) is 126 cm³/mol. The van der Waals surface area contributed by atoms with E-state index in [0.717, 1.165) is 29.3 Å². The Morgan fingerprint density at radius 2 is 1.81 bits per heavy atom. The van der Waals surface area contributed by atoms with Gasteiger partial charge in [0.05, 0.1) is 0 Å². The van der Waals surface area contributed by atoms with E-state index in [1.807, 2.05) is 36.4 Å². The molecular formula is C22H25BrN6O3. The lowest BCUT2D eigenvalue weighted by molar-refractivity contribution is -0.122. The lowest BCUT2D eigenvalue weighted by Crippen LogP contribution is -2.46. The molecule has 3 rings (SSSR count). The van der Waals surface area contributed by atoms with Crippen molar-refractivity contribution in [1.29, 1.82) is 0 Å². The van der Waals surface area contributed by atoms with Crippen molar-refractivity contribution < 1.29 is 9.59 Å². The molecule has 10 heteroatoms. The van der Waals surface area contributed by atoms with Crippen LogP contribution in [0.15, 0.2) is 63.9 Å². The number of amides is 3. The number of unbranched alkanes of at least 4 members (excludes halogenated alkanes) is 2. The number of nitrogens with zero attached hydrogens (tertiary/aromatic N) is 3. The van der Waals surface area contributed by atoms with Crippen LogP contribution in [-0.4, -0.2) is 26.3 Å². The topological polar surface area (TPSA) is 110 Å². The Kier molecular flexibility index (Phi) is 8.20. The fourth-order valence-electron chi connectivity index (χ4n) is 3.08. The zero-order valence-corrected chi connectivity index (χ0v) is 19.3. The quantitative estimate of drug-likeness (QED) is 0.324. The minimum Gasteiger partial charge on any atom is -0.307 e. The second kappa shape index (κ2) is 11.3. The van der Waals surface area contributed by atoms with E-state index in [4.69, 9.17) is 0 Å². The highest BCUT2D eigenvalue weighted by Crippen LogP contribution is 2.16.